The molecule has 60 heavy (non-hydrogen) atoms. The van der Waals surface area contributed by atoms with Crippen LogP contribution in [0, 0.1) is 0 Å². The van der Waals surface area contributed by atoms with Crippen molar-refractivity contribution in [2.75, 3.05) is 0 Å². The van der Waals surface area contributed by atoms with Crippen LogP contribution in [0.15, 0.2) is 69.9 Å². The molecule has 0 radical (unpaired) electrons. The van der Waals surface area contributed by atoms with Crippen LogP contribution in [-0.4, -0.2) is 63.6 Å². The molecule has 0 spiro atoms. The summed E-state index contributed by atoms with van der Waals surface area (Å²) in [5, 5.41) is 5.33. The molecule has 2 aromatic carbocycles. The second-order valence-electron chi connectivity index (χ2n) is 17.8. The first kappa shape index (κ1) is 47.2. The van der Waals surface area contributed by atoms with E-state index in [2.05, 4.69) is 65.7 Å². The normalized spacial score (nSPS) is 17.1. The zero-order chi connectivity index (χ0) is 43.7. The third-order valence-electron chi connectivity index (χ3n) is 9.10. The first-order valence-corrected chi connectivity index (χ1v) is 22.9. The summed E-state index contributed by atoms with van der Waals surface area (Å²) in [6, 6.07) is 16.2. The summed E-state index contributed by atoms with van der Waals surface area (Å²) in [4.78, 5) is 31.8. The first-order valence-electron chi connectivity index (χ1n) is 20.3. The van der Waals surface area contributed by atoms with Crippen LogP contribution in [0.25, 0.3) is 18.2 Å². The van der Waals surface area contributed by atoms with Crippen molar-refractivity contribution in [3.05, 3.63) is 96.7 Å². The lowest BCUT2D eigenvalue weighted by Crippen LogP contribution is -2.41. The van der Waals surface area contributed by atoms with Gasteiger partial charge in [-0.3, -0.25) is 9.59 Å². The van der Waals surface area contributed by atoms with Gasteiger partial charge in [-0.1, -0.05) is 42.4 Å². The molecule has 10 nitrogen and oxygen atoms in total. The summed E-state index contributed by atoms with van der Waals surface area (Å²) in [6.45, 7) is 19.4. The lowest BCUT2D eigenvalue weighted by molar-refractivity contribution is -0.155. The van der Waals surface area contributed by atoms with Crippen molar-refractivity contribution in [3.63, 3.8) is 0 Å². The minimum absolute atomic E-state index is 0.211. The van der Waals surface area contributed by atoms with Crippen LogP contribution < -0.4 is 9.47 Å². The average Bonchev–Trinajstić information content (AvgIpc) is 4.03. The van der Waals surface area contributed by atoms with Crippen molar-refractivity contribution >= 4 is 75.9 Å². The van der Waals surface area contributed by atoms with Crippen LogP contribution in [-0.2, 0) is 41.2 Å². The van der Waals surface area contributed by atoms with Gasteiger partial charge in [0, 0.05) is 10.8 Å². The fourth-order valence-corrected chi connectivity index (χ4v) is 7.26. The zero-order valence-electron chi connectivity index (χ0n) is 36.4. The molecule has 2 aliphatic carbocycles. The second-order valence-corrected chi connectivity index (χ2v) is 20.5. The molecule has 1 aliphatic heterocycles. The van der Waals surface area contributed by atoms with E-state index >= 15 is 0 Å². The minimum atomic E-state index is -0.466. The number of carbonyl (C=O) groups is 2. The van der Waals surface area contributed by atoms with Gasteiger partial charge in [-0.15, -0.1) is 22.7 Å². The molecule has 14 heteroatoms. The molecule has 7 rings (SSSR count). The van der Waals surface area contributed by atoms with Gasteiger partial charge in [0.25, 0.3) is 0 Å². The maximum Gasteiger partial charge on any atom is 0.487 e. The van der Waals surface area contributed by atoms with Crippen LogP contribution in [0.4, 0.5) is 0 Å². The van der Waals surface area contributed by atoms with Crippen molar-refractivity contribution in [3.8, 4) is 11.5 Å². The van der Waals surface area contributed by atoms with Gasteiger partial charge >= 0.3 is 19.1 Å². The Morgan fingerprint density at radius 1 is 0.700 bits per heavy atom. The molecule has 3 aliphatic rings. The van der Waals surface area contributed by atoms with E-state index in [1.807, 2.05) is 113 Å². The monoisotopic (exact) mass is 920 g/mol. The Bertz CT molecular complexity index is 2060. The highest BCUT2D eigenvalue weighted by molar-refractivity contribution is 9.10. The number of ether oxygens (including phenoxy) is 4. The first-order chi connectivity index (χ1) is 28.1. The smallest absolute Gasteiger partial charge is 0.487 e. The van der Waals surface area contributed by atoms with Gasteiger partial charge in [-0.25, -0.2) is 9.97 Å². The number of carbonyl (C=O) groups excluding carboxylic acids is 2. The van der Waals surface area contributed by atoms with Crippen LogP contribution in [0.1, 0.15) is 122 Å². The molecule has 1 saturated heterocycles. The van der Waals surface area contributed by atoms with E-state index in [1.54, 1.807) is 0 Å². The number of benzene rings is 2. The fraction of sp³-hybridized carbons (Fsp3) is 0.478. The number of hydrogen-bond donors (Lipinski definition) is 0. The number of halogens is 1. The molecule has 322 valence electrons. The summed E-state index contributed by atoms with van der Waals surface area (Å²) >= 11 is 6.15. The van der Waals surface area contributed by atoms with Crippen LogP contribution in [0.5, 0.6) is 11.5 Å². The Morgan fingerprint density at radius 2 is 1.13 bits per heavy atom. The van der Waals surface area contributed by atoms with Crippen LogP contribution in [0.2, 0.25) is 0 Å². The summed E-state index contributed by atoms with van der Waals surface area (Å²) in [6.07, 6.45) is 12.0. The van der Waals surface area contributed by atoms with E-state index in [1.165, 1.54) is 35.5 Å². The second kappa shape index (κ2) is 20.4. The van der Waals surface area contributed by atoms with E-state index in [0.29, 0.717) is 12.2 Å². The number of esters is 2. The summed E-state index contributed by atoms with van der Waals surface area (Å²) in [7, 11) is -0.294. The van der Waals surface area contributed by atoms with E-state index in [-0.39, 0.29) is 43.1 Å². The van der Waals surface area contributed by atoms with Gasteiger partial charge in [0.1, 0.15) is 37.3 Å². The summed E-state index contributed by atoms with van der Waals surface area (Å²) in [5.41, 5.74) is 1.59. The van der Waals surface area contributed by atoms with E-state index in [0.717, 1.165) is 55.8 Å². The Hall–Kier alpha value is -3.82. The van der Waals surface area contributed by atoms with Crippen molar-refractivity contribution < 1.29 is 37.8 Å². The standard InChI is InChI=1S/C20H23NO3S.C17H23BO3.C9H12BrNO2S/c1-20(2,3)24-19(22)12-18-21-15(13-25-18)7-4-14-5-8-16(9-6-14)23-17-10-11-17;1-16(2)17(3,4)21-18(20-16)12-11-13-5-7-14(8-6-13)19-15-9-10-15;1-9(2,3)13-8(12)4-7-11-6(10)5-14-7/h4-9,13,17H,10-12H2,1-3H3;5-8,11-12,15H,9-10H2,1-4H3;5H,4H2,1-3H3/b7-4+;12-11+;. The SMILES string of the molecule is CC(C)(C)OC(=O)Cc1nc(/C=C/c2ccc(OC3CC3)cc2)cs1.CC(C)(C)OC(=O)Cc1nc(Br)cs1.CC1(C)OB(/C=C/c2ccc(OC3CC3)cc2)OC1(C)C. The number of thiazole rings is 2. The third kappa shape index (κ3) is 16.9. The molecule has 2 saturated carbocycles. The number of nitrogens with zero attached hydrogens (tertiary/aromatic N) is 2. The number of aromatic nitrogens is 2. The average molecular weight is 922 g/mol. The van der Waals surface area contributed by atoms with Gasteiger partial charge in [-0.05, 0) is 152 Å². The Labute approximate surface area is 372 Å². The Kier molecular flexibility index (Phi) is 16.0. The largest absolute Gasteiger partial charge is 0.490 e. The van der Waals surface area contributed by atoms with Gasteiger partial charge in [0.15, 0.2) is 0 Å². The van der Waals surface area contributed by atoms with Crippen molar-refractivity contribution in [1.29, 1.82) is 0 Å². The molecular weight excluding hydrogens is 863 g/mol. The van der Waals surface area contributed by atoms with Gasteiger partial charge in [-0.2, -0.15) is 0 Å². The number of hydrogen-bond acceptors (Lipinski definition) is 12. The quantitative estimate of drug-likeness (QED) is 0.100. The van der Waals surface area contributed by atoms with Gasteiger partial charge < -0.3 is 28.3 Å². The Balaban J connectivity index is 0.000000178. The zero-order valence-corrected chi connectivity index (χ0v) is 39.6. The highest BCUT2D eigenvalue weighted by atomic mass is 79.9. The predicted molar refractivity (Wildman–Crippen MR) is 245 cm³/mol. The maximum atomic E-state index is 11.8. The van der Waals surface area contributed by atoms with Crippen LogP contribution in [0.3, 0.4) is 0 Å². The third-order valence-corrected chi connectivity index (χ3v) is 11.5. The lowest BCUT2D eigenvalue weighted by atomic mass is 9.89. The molecule has 4 aromatic rings. The number of rotatable bonds is 12. The molecule has 2 aromatic heterocycles. The predicted octanol–water partition coefficient (Wildman–Crippen LogP) is 11.4. The molecular formula is C46H58BBrN2O8S2. The van der Waals surface area contributed by atoms with E-state index in [9.17, 15) is 9.59 Å². The molecule has 0 unspecified atom stereocenters. The lowest BCUT2D eigenvalue weighted by Gasteiger charge is -2.32. The summed E-state index contributed by atoms with van der Waals surface area (Å²) in [5.74, 6) is 3.36. The van der Waals surface area contributed by atoms with Gasteiger partial charge in [0.05, 0.1) is 41.9 Å². The minimum Gasteiger partial charge on any atom is -0.490 e. The topological polar surface area (TPSA) is 115 Å². The van der Waals surface area contributed by atoms with Crippen molar-refractivity contribution in [1.82, 2.24) is 9.97 Å². The molecule has 3 fully saturated rings. The van der Waals surface area contributed by atoms with Crippen molar-refractivity contribution in [2.24, 2.45) is 0 Å². The van der Waals surface area contributed by atoms with E-state index < -0.39 is 11.2 Å². The maximum absolute atomic E-state index is 11.8. The Morgan fingerprint density at radius 3 is 1.55 bits per heavy atom. The molecule has 0 bridgehead atoms. The highest BCUT2D eigenvalue weighted by Crippen LogP contribution is 2.37. The fourth-order valence-electron chi connectivity index (χ4n) is 5.26. The molecule has 0 amide bonds. The summed E-state index contributed by atoms with van der Waals surface area (Å²) < 4.78 is 34.6. The van der Waals surface area contributed by atoms with Crippen LogP contribution >= 0.6 is 38.6 Å². The molecule has 0 N–H and O–H groups in total. The highest BCUT2D eigenvalue weighted by Gasteiger charge is 2.50. The van der Waals surface area contributed by atoms with Gasteiger partial charge in [0.2, 0.25) is 0 Å². The molecule has 0 atom stereocenters. The van der Waals surface area contributed by atoms with E-state index in [4.69, 9.17) is 28.3 Å². The molecule has 3 heterocycles. The van der Waals surface area contributed by atoms with Crippen molar-refractivity contribution in [2.45, 2.75) is 142 Å².